The number of methoxy groups -OCH3 is 1. The van der Waals surface area contributed by atoms with E-state index in [2.05, 4.69) is 33.5 Å². The Kier molecular flexibility index (Phi) is 11.8. The number of rotatable bonds is 8. The van der Waals surface area contributed by atoms with Crippen molar-refractivity contribution in [3.8, 4) is 5.75 Å². The van der Waals surface area contributed by atoms with Crippen molar-refractivity contribution in [1.82, 2.24) is 25.0 Å². The van der Waals surface area contributed by atoms with Crippen molar-refractivity contribution in [2.75, 3.05) is 44.0 Å². The number of aromatic nitrogens is 3. The van der Waals surface area contributed by atoms with Gasteiger partial charge in [0.1, 0.15) is 30.4 Å². The molecule has 2 aromatic heterocycles. The van der Waals surface area contributed by atoms with Crippen LogP contribution >= 0.6 is 11.6 Å². The minimum absolute atomic E-state index is 0.0762. The number of piperidine rings is 1. The number of nitrogens with one attached hydrogen (secondary N) is 2. The van der Waals surface area contributed by atoms with Gasteiger partial charge in [-0.05, 0) is 93.2 Å². The fourth-order valence-corrected chi connectivity index (χ4v) is 9.76. The van der Waals surface area contributed by atoms with Gasteiger partial charge in [0.05, 0.1) is 35.1 Å². The fraction of sp³-hybridized carbons (Fsp3) is 0.477. The van der Waals surface area contributed by atoms with E-state index in [0.29, 0.717) is 58.3 Å². The number of hydrogen-bond acceptors (Lipinski definition) is 7. The Hall–Kier alpha value is -5.51. The smallest absolute Gasteiger partial charge is 0.433 e. The van der Waals surface area contributed by atoms with Gasteiger partial charge in [-0.3, -0.25) is 29.3 Å². The number of likely N-dealkylation sites (tertiary alicyclic amines) is 1. The van der Waals surface area contributed by atoms with Crippen LogP contribution in [0.5, 0.6) is 5.75 Å². The van der Waals surface area contributed by atoms with Crippen molar-refractivity contribution in [3.63, 3.8) is 0 Å². The zero-order valence-electron chi connectivity index (χ0n) is 34.1. The molecule has 4 heterocycles. The molecule has 4 aromatic rings. The third-order valence-corrected chi connectivity index (χ3v) is 13.5. The summed E-state index contributed by atoms with van der Waals surface area (Å²) >= 11 is 6.42. The normalized spacial score (nSPS) is 21.4. The number of amides is 5. The molecule has 2 aliphatic heterocycles. The van der Waals surface area contributed by atoms with E-state index in [4.69, 9.17) is 21.4 Å². The highest BCUT2D eigenvalue weighted by molar-refractivity contribution is 6.34. The first-order valence-corrected chi connectivity index (χ1v) is 21.3. The maximum Gasteiger partial charge on any atom is 0.433 e. The van der Waals surface area contributed by atoms with E-state index in [9.17, 15) is 32.3 Å². The SMILES string of the molecule is COc1cc2nn(C3CCC(/C=[N+](/C)C4CCC5(CC4)CCN(C(=O)c4ccc(Cl)c(N6CCC(=O)NC6=O)c4)CC5)CC3)cc2cc1NC(=O)c1cccc(C(F)(F)F)n1. The lowest BCUT2D eigenvalue weighted by Crippen LogP contribution is -2.49. The average Bonchev–Trinajstić information content (AvgIpc) is 3.67. The second-order valence-electron chi connectivity index (χ2n) is 16.9. The summed E-state index contributed by atoms with van der Waals surface area (Å²) < 4.78 is 49.5. The number of hydrogen-bond donors (Lipinski definition) is 2. The Bertz CT molecular complexity index is 2380. The van der Waals surface area contributed by atoms with Crippen LogP contribution in [0.2, 0.25) is 5.02 Å². The molecule has 2 aromatic carbocycles. The van der Waals surface area contributed by atoms with Gasteiger partial charge in [-0.2, -0.15) is 18.3 Å². The van der Waals surface area contributed by atoms with Crippen molar-refractivity contribution < 1.29 is 41.7 Å². The first kappa shape index (κ1) is 42.2. The maximum atomic E-state index is 13.6. The highest BCUT2D eigenvalue weighted by Gasteiger charge is 2.42. The van der Waals surface area contributed by atoms with Crippen LogP contribution < -0.4 is 20.3 Å². The van der Waals surface area contributed by atoms with Gasteiger partial charge >= 0.3 is 12.2 Å². The second kappa shape index (κ2) is 17.1. The molecule has 2 N–H and O–H groups in total. The number of carbonyl (C=O) groups excluding carboxylic acids is 4. The summed E-state index contributed by atoms with van der Waals surface area (Å²) in [5.74, 6) is -0.389. The molecule has 4 fully saturated rings. The van der Waals surface area contributed by atoms with E-state index < -0.39 is 23.8 Å². The van der Waals surface area contributed by atoms with E-state index in [0.717, 1.165) is 81.7 Å². The molecule has 2 aliphatic carbocycles. The van der Waals surface area contributed by atoms with E-state index in [1.54, 1.807) is 30.3 Å². The van der Waals surface area contributed by atoms with Crippen LogP contribution in [0.1, 0.15) is 103 Å². The van der Waals surface area contributed by atoms with Crippen LogP contribution in [0, 0.1) is 11.3 Å². The predicted molar refractivity (Wildman–Crippen MR) is 224 cm³/mol. The van der Waals surface area contributed by atoms with Gasteiger partial charge in [0.2, 0.25) is 5.91 Å². The van der Waals surface area contributed by atoms with Gasteiger partial charge in [0.15, 0.2) is 6.04 Å². The Labute approximate surface area is 356 Å². The topological polar surface area (TPSA) is 142 Å². The molecule has 2 saturated heterocycles. The molecule has 0 unspecified atom stereocenters. The summed E-state index contributed by atoms with van der Waals surface area (Å²) in [6, 6.07) is 11.8. The summed E-state index contributed by atoms with van der Waals surface area (Å²) in [4.78, 5) is 57.4. The average molecular weight is 862 g/mol. The lowest BCUT2D eigenvalue weighted by atomic mass is 9.67. The van der Waals surface area contributed by atoms with Crippen LogP contribution in [0.3, 0.4) is 0 Å². The highest BCUT2D eigenvalue weighted by Crippen LogP contribution is 2.46. The third kappa shape index (κ3) is 9.09. The number of fused-ring (bicyclic) bond motifs is 1. The number of alkyl halides is 3. The molecular formula is C44H49ClF3N8O5+. The molecule has 0 bridgehead atoms. The van der Waals surface area contributed by atoms with Crippen LogP contribution in [-0.2, 0) is 11.0 Å². The molecule has 2 saturated carbocycles. The van der Waals surface area contributed by atoms with Gasteiger partial charge in [-0.1, -0.05) is 17.7 Å². The minimum Gasteiger partial charge on any atom is -0.494 e. The van der Waals surface area contributed by atoms with Gasteiger partial charge in [-0.25, -0.2) is 14.4 Å². The van der Waals surface area contributed by atoms with E-state index in [1.807, 2.05) is 15.8 Å². The zero-order valence-corrected chi connectivity index (χ0v) is 34.9. The lowest BCUT2D eigenvalue weighted by Gasteiger charge is -2.45. The van der Waals surface area contributed by atoms with Gasteiger partial charge in [0, 0.05) is 68.0 Å². The molecule has 17 heteroatoms. The number of anilines is 2. The van der Waals surface area contributed by atoms with Crippen molar-refractivity contribution in [3.05, 3.63) is 76.7 Å². The second-order valence-corrected chi connectivity index (χ2v) is 17.3. The number of pyridine rings is 1. The predicted octanol–water partition coefficient (Wildman–Crippen LogP) is 8.12. The van der Waals surface area contributed by atoms with Gasteiger partial charge < -0.3 is 15.0 Å². The van der Waals surface area contributed by atoms with Crippen molar-refractivity contribution in [2.45, 2.75) is 88.9 Å². The standard InChI is InChI=1S/C44H48ClF3N8O5/c1-53(30-12-15-43(16-13-30)17-20-54(21-18-43)41(59)28-8-11-32(45)36(23-28)55-19-14-39(57)51-42(55)60)25-27-6-9-31(10-7-27)56-26-29-22-35(37(61-2)24-34(29)52-56)50-40(58)33-4-3-5-38(49-33)44(46,47)48/h3-5,8,11,22-27,30-31H,6-7,9-10,12-21H2,1-2H3,(H-,50,51,57,58,60)/p+1/b53-25-. The zero-order chi connectivity index (χ0) is 43.1. The van der Waals surface area contributed by atoms with Gasteiger partial charge in [0.25, 0.3) is 11.8 Å². The van der Waals surface area contributed by atoms with Crippen LogP contribution in [0.15, 0.2) is 54.7 Å². The van der Waals surface area contributed by atoms with Crippen molar-refractivity contribution in [1.29, 1.82) is 0 Å². The molecule has 13 nitrogen and oxygen atoms in total. The van der Waals surface area contributed by atoms with Crippen molar-refractivity contribution in [2.24, 2.45) is 11.3 Å². The first-order valence-electron chi connectivity index (χ1n) is 20.9. The fourth-order valence-electron chi connectivity index (χ4n) is 9.54. The van der Waals surface area contributed by atoms with E-state index in [1.165, 1.54) is 18.1 Å². The molecule has 4 aliphatic rings. The monoisotopic (exact) mass is 861 g/mol. The van der Waals surface area contributed by atoms with Crippen molar-refractivity contribution >= 4 is 63.8 Å². The summed E-state index contributed by atoms with van der Waals surface area (Å²) in [6.45, 7) is 1.57. The number of halogens is 4. The summed E-state index contributed by atoms with van der Waals surface area (Å²) in [5, 5.41) is 10.9. The summed E-state index contributed by atoms with van der Waals surface area (Å²) in [6.07, 6.45) is 10.2. The Morgan fingerprint density at radius 2 is 1.72 bits per heavy atom. The lowest BCUT2D eigenvalue weighted by molar-refractivity contribution is -0.541. The quantitative estimate of drug-likeness (QED) is 0.135. The van der Waals surface area contributed by atoms with E-state index >= 15 is 0 Å². The third-order valence-electron chi connectivity index (χ3n) is 13.2. The number of imide groups is 1. The number of urea groups is 1. The number of nitrogens with zero attached hydrogens (tertiary/aromatic N) is 6. The largest absolute Gasteiger partial charge is 0.494 e. The van der Waals surface area contributed by atoms with Crippen LogP contribution in [0.4, 0.5) is 29.3 Å². The number of carbonyl (C=O) groups is 4. The van der Waals surface area contributed by atoms with Gasteiger partial charge in [-0.15, -0.1) is 0 Å². The molecule has 61 heavy (non-hydrogen) atoms. The molecule has 1 spiro atoms. The number of ether oxygens (including phenoxy) is 1. The molecule has 0 radical (unpaired) electrons. The summed E-state index contributed by atoms with van der Waals surface area (Å²) in [7, 11) is 3.66. The number of benzene rings is 2. The minimum atomic E-state index is -4.67. The Morgan fingerprint density at radius 3 is 2.41 bits per heavy atom. The first-order chi connectivity index (χ1) is 29.2. The Balaban J connectivity index is 0.822. The van der Waals surface area contributed by atoms with Crippen LogP contribution in [-0.4, -0.2) is 94.0 Å². The highest BCUT2D eigenvalue weighted by atomic mass is 35.5. The molecule has 5 amide bonds. The molecular weight excluding hydrogens is 813 g/mol. The molecule has 0 atom stereocenters. The molecule has 322 valence electrons. The summed E-state index contributed by atoms with van der Waals surface area (Å²) in [5.41, 5.74) is 0.638. The molecule has 8 rings (SSSR count). The Morgan fingerprint density at radius 1 is 0.984 bits per heavy atom. The van der Waals surface area contributed by atoms with Crippen LogP contribution in [0.25, 0.3) is 10.9 Å². The van der Waals surface area contributed by atoms with E-state index in [-0.39, 0.29) is 41.9 Å². The maximum absolute atomic E-state index is 13.6.